The van der Waals surface area contributed by atoms with Gasteiger partial charge >= 0.3 is 42.2 Å². The van der Waals surface area contributed by atoms with Gasteiger partial charge in [-0.1, -0.05) is 0 Å². The highest BCUT2D eigenvalue weighted by Crippen LogP contribution is 2.60. The fourth-order valence-corrected chi connectivity index (χ4v) is 1.42. The number of hydrogen-bond donors (Lipinski definition) is 1. The molecule has 27 heavy (non-hydrogen) atoms. The number of alkyl halides is 16. The average molecular weight is 448 g/mol. The third-order valence-electron chi connectivity index (χ3n) is 2.68. The van der Waals surface area contributed by atoms with E-state index in [1.54, 1.807) is 0 Å². The number of halogens is 17. The number of rotatable bonds is 4. The quantitative estimate of drug-likeness (QED) is 0.567. The Balaban J connectivity index is 7.33. The molecule has 0 aromatic rings. The van der Waals surface area contributed by atoms with Crippen molar-refractivity contribution in [1.82, 2.24) is 0 Å². The highest BCUT2D eigenvalue weighted by Gasteiger charge is 2.87. The summed E-state index contributed by atoms with van der Waals surface area (Å²) in [7, 11) is 0. The smallest absolute Gasteiger partial charge is 0.331 e. The van der Waals surface area contributed by atoms with E-state index in [-0.39, 0.29) is 0 Å². The van der Waals surface area contributed by atoms with Gasteiger partial charge in [0.2, 0.25) is 0 Å². The highest BCUT2D eigenvalue weighted by molar-refractivity contribution is 5.33. The number of aliphatic hydroxyl groups is 1. The highest BCUT2D eigenvalue weighted by atomic mass is 19.4. The summed E-state index contributed by atoms with van der Waals surface area (Å²) in [5.74, 6) is -21.1. The van der Waals surface area contributed by atoms with Crippen molar-refractivity contribution < 1.29 is 79.7 Å². The lowest BCUT2D eigenvalue weighted by molar-refractivity contribution is -0.393. The summed E-state index contributed by atoms with van der Waals surface area (Å²) < 4.78 is 212. The van der Waals surface area contributed by atoms with Crippen LogP contribution < -0.4 is 0 Å². The first-order valence-electron chi connectivity index (χ1n) is 5.44. The Labute approximate surface area is 135 Å². The van der Waals surface area contributed by atoms with Crippen LogP contribution in [-0.4, -0.2) is 47.3 Å². The van der Waals surface area contributed by atoms with Gasteiger partial charge in [-0.2, -0.15) is 65.9 Å². The Hall–Kier alpha value is -1.49. The molecule has 0 amide bonds. The van der Waals surface area contributed by atoms with Gasteiger partial charge in [-0.25, -0.2) is 8.78 Å². The van der Waals surface area contributed by atoms with Gasteiger partial charge in [0.05, 0.1) is 0 Å². The number of allylic oxidation sites excluding steroid dienone is 1. The van der Waals surface area contributed by atoms with Crippen LogP contribution in [0.2, 0.25) is 0 Å². The Kier molecular flexibility index (Phi) is 5.92. The van der Waals surface area contributed by atoms with Crippen LogP contribution in [0.3, 0.4) is 0 Å². The molecule has 18 heteroatoms. The third-order valence-corrected chi connectivity index (χ3v) is 2.68. The first-order chi connectivity index (χ1) is 11.3. The first kappa shape index (κ1) is 25.5. The van der Waals surface area contributed by atoms with E-state index in [1.165, 1.54) is 0 Å². The molecule has 0 aliphatic rings. The normalized spacial score (nSPS) is 17.1. The van der Waals surface area contributed by atoms with Crippen LogP contribution in [0.1, 0.15) is 0 Å². The lowest BCUT2D eigenvalue weighted by atomic mass is 9.87. The van der Waals surface area contributed by atoms with Crippen molar-refractivity contribution in [3.63, 3.8) is 0 Å². The summed E-state index contributed by atoms with van der Waals surface area (Å²) in [6, 6.07) is 0. The molecule has 0 radical (unpaired) electrons. The monoisotopic (exact) mass is 448 g/mol. The van der Waals surface area contributed by atoms with E-state index in [1.807, 2.05) is 0 Å². The molecular weight excluding hydrogens is 447 g/mol. The largest absolute Gasteiger partial charge is 0.438 e. The molecule has 0 unspecified atom stereocenters. The minimum atomic E-state index is -8.34. The van der Waals surface area contributed by atoms with E-state index in [2.05, 4.69) is 0 Å². The van der Waals surface area contributed by atoms with Crippen molar-refractivity contribution in [3.05, 3.63) is 11.4 Å². The van der Waals surface area contributed by atoms with Gasteiger partial charge in [0.25, 0.3) is 0 Å². The van der Waals surface area contributed by atoms with Crippen LogP contribution in [0.15, 0.2) is 11.4 Å². The second-order valence-corrected chi connectivity index (χ2v) is 4.53. The van der Waals surface area contributed by atoms with Crippen LogP contribution >= 0.6 is 0 Å². The zero-order valence-corrected chi connectivity index (χ0v) is 11.4. The van der Waals surface area contributed by atoms with Crippen molar-refractivity contribution in [2.45, 2.75) is 42.2 Å². The van der Waals surface area contributed by atoms with Gasteiger partial charge in [-0.3, -0.25) is 0 Å². The maximum atomic E-state index is 13.3. The molecule has 0 heterocycles. The topological polar surface area (TPSA) is 20.2 Å². The van der Waals surface area contributed by atoms with Crippen LogP contribution in [0.5, 0.6) is 0 Å². The summed E-state index contributed by atoms with van der Waals surface area (Å²) in [4.78, 5) is 0. The van der Waals surface area contributed by atoms with E-state index in [0.29, 0.717) is 0 Å². The second-order valence-electron chi connectivity index (χ2n) is 4.53. The van der Waals surface area contributed by atoms with Crippen molar-refractivity contribution >= 4 is 0 Å². The average Bonchev–Trinajstić information content (AvgIpc) is 2.30. The Bertz CT molecular complexity index is 567. The summed E-state index contributed by atoms with van der Waals surface area (Å²) in [6.07, 6.45) is -30.7. The molecule has 0 aromatic carbocycles. The molecule has 0 bridgehead atoms. The van der Waals surface area contributed by atoms with Crippen LogP contribution in [-0.2, 0) is 0 Å². The van der Waals surface area contributed by atoms with E-state index < -0.39 is 53.6 Å². The van der Waals surface area contributed by atoms with Crippen molar-refractivity contribution in [3.8, 4) is 0 Å². The maximum Gasteiger partial charge on any atom is 0.438 e. The summed E-state index contributed by atoms with van der Waals surface area (Å²) in [6.45, 7) is 0. The van der Waals surface area contributed by atoms with E-state index in [0.717, 1.165) is 0 Å². The SMILES string of the molecule is OC(F)(F)C(F)(F)C(F)=C(C(F)(F)F)C(F)(F)C(F)(C(F)(F)F)C(F)(F)F. The minimum absolute atomic E-state index is 5.37. The zero-order valence-electron chi connectivity index (χ0n) is 11.4. The predicted octanol–water partition coefficient (Wildman–Crippen LogP) is 5.46. The molecule has 0 saturated carbocycles. The Morgan fingerprint density at radius 2 is 0.815 bits per heavy atom. The van der Waals surface area contributed by atoms with Crippen molar-refractivity contribution in [2.24, 2.45) is 0 Å². The van der Waals surface area contributed by atoms with Gasteiger partial charge < -0.3 is 5.11 Å². The first-order valence-corrected chi connectivity index (χ1v) is 5.44. The van der Waals surface area contributed by atoms with Gasteiger partial charge in [0.1, 0.15) is 5.57 Å². The fraction of sp³-hybridized carbons (Fsp3) is 0.778. The predicted molar refractivity (Wildman–Crippen MR) is 47.2 cm³/mol. The minimum Gasteiger partial charge on any atom is -0.331 e. The molecule has 0 aliphatic carbocycles. The van der Waals surface area contributed by atoms with Gasteiger partial charge in [-0.15, -0.1) is 0 Å². The van der Waals surface area contributed by atoms with Crippen LogP contribution in [0.4, 0.5) is 74.6 Å². The standard InChI is InChI=1S/C9HF17O/c10-2(4(13,14)9(25,26)27)1(5(15,16)17)3(11,12)6(18,7(19,20)21)8(22,23)24/h27H. The summed E-state index contributed by atoms with van der Waals surface area (Å²) in [5, 5.41) is 7.51. The van der Waals surface area contributed by atoms with Gasteiger partial charge in [-0.05, 0) is 0 Å². The summed E-state index contributed by atoms with van der Waals surface area (Å²) in [5.41, 5.74) is -13.9. The Morgan fingerprint density at radius 1 is 0.519 bits per heavy atom. The van der Waals surface area contributed by atoms with E-state index in [4.69, 9.17) is 5.11 Å². The van der Waals surface area contributed by atoms with E-state index >= 15 is 0 Å². The molecule has 0 rings (SSSR count). The fourth-order valence-electron chi connectivity index (χ4n) is 1.42. The lowest BCUT2D eigenvalue weighted by Crippen LogP contribution is -2.66. The molecule has 1 nitrogen and oxygen atoms in total. The molecule has 0 aliphatic heterocycles. The maximum absolute atomic E-state index is 13.3. The number of hydrogen-bond acceptors (Lipinski definition) is 1. The molecular formula is C9HF17O. The van der Waals surface area contributed by atoms with Crippen LogP contribution in [0, 0.1) is 0 Å². The van der Waals surface area contributed by atoms with Crippen LogP contribution in [0.25, 0.3) is 0 Å². The third kappa shape index (κ3) is 3.89. The second kappa shape index (κ2) is 6.26. The van der Waals surface area contributed by atoms with E-state index in [9.17, 15) is 74.6 Å². The summed E-state index contributed by atoms with van der Waals surface area (Å²) >= 11 is 0. The molecule has 0 saturated heterocycles. The lowest BCUT2D eigenvalue weighted by Gasteiger charge is -2.38. The van der Waals surface area contributed by atoms with Crippen molar-refractivity contribution in [1.29, 1.82) is 0 Å². The van der Waals surface area contributed by atoms with Gasteiger partial charge in [0, 0.05) is 0 Å². The molecule has 0 atom stereocenters. The molecule has 0 spiro atoms. The Morgan fingerprint density at radius 3 is 1.00 bits per heavy atom. The molecule has 1 N–H and O–H groups in total. The van der Waals surface area contributed by atoms with Crippen molar-refractivity contribution in [2.75, 3.05) is 0 Å². The molecule has 0 fully saturated rings. The molecule has 0 aromatic heterocycles. The zero-order chi connectivity index (χ0) is 22.7. The van der Waals surface area contributed by atoms with Gasteiger partial charge in [0.15, 0.2) is 5.83 Å². The molecule has 162 valence electrons.